The fraction of sp³-hybridized carbons (Fsp3) is 0.237. The number of nitrogens with zero attached hydrogens (tertiary/aromatic N) is 1. The van der Waals surface area contributed by atoms with Crippen molar-refractivity contribution in [1.82, 2.24) is 0 Å². The molecule has 2 saturated carbocycles. The van der Waals surface area contributed by atoms with Gasteiger partial charge < -0.3 is 9.47 Å². The van der Waals surface area contributed by atoms with Crippen LogP contribution in [0.3, 0.4) is 0 Å². The number of carbonyl (C=O) groups is 5. The van der Waals surface area contributed by atoms with E-state index in [9.17, 15) is 24.0 Å². The minimum Gasteiger partial charge on any atom is -0.454 e. The molecule has 0 unspecified atom stereocenters. The molecule has 0 spiro atoms. The number of hydrogen-bond donors (Lipinski definition) is 0. The Hall–Kier alpha value is -5.37. The molecule has 0 N–H and O–H groups in total. The van der Waals surface area contributed by atoms with Gasteiger partial charge in [0.15, 0.2) is 12.4 Å². The fourth-order valence-corrected chi connectivity index (χ4v) is 7.41. The number of ketones is 1. The highest BCUT2D eigenvalue weighted by atomic mass is 16.5. The average Bonchev–Trinajstić information content (AvgIpc) is 3.75. The van der Waals surface area contributed by atoms with Crippen molar-refractivity contribution in [2.75, 3.05) is 11.5 Å². The number of carbonyl (C=O) groups excluding carboxylic acids is 5. The highest BCUT2D eigenvalue weighted by Crippen LogP contribution is 2.61. The van der Waals surface area contributed by atoms with Crippen LogP contribution < -0.4 is 9.64 Å². The number of rotatable bonds is 8. The molecule has 5 atom stereocenters. The Morgan fingerprint density at radius 3 is 2.00 bits per heavy atom. The number of esters is 2. The highest BCUT2D eigenvalue weighted by Gasteiger charge is 2.64. The van der Waals surface area contributed by atoms with Crippen LogP contribution in [-0.4, -0.2) is 36.1 Å². The van der Waals surface area contributed by atoms with Crippen LogP contribution in [0.15, 0.2) is 103 Å². The molecule has 3 fully saturated rings. The molecule has 3 aliphatic rings. The summed E-state index contributed by atoms with van der Waals surface area (Å²) < 4.78 is 10.6. The average molecular weight is 614 g/mol. The van der Waals surface area contributed by atoms with E-state index < -0.39 is 24.3 Å². The van der Waals surface area contributed by atoms with E-state index in [1.54, 1.807) is 24.3 Å². The van der Waals surface area contributed by atoms with Crippen LogP contribution in [0.5, 0.6) is 5.75 Å². The first-order valence-corrected chi connectivity index (χ1v) is 15.4. The third-order valence-corrected chi connectivity index (χ3v) is 9.61. The standard InChI is InChI=1S/C38H31NO7/c1-22-7-9-26(10-8-22)38(44)46-29-17-13-24(14-18-29)32(40)21-45-37(43)25-11-15-28(16-12-25)39-35(41)33-27-19-30(23-5-3-2-4-6-23)31(20-27)34(33)36(39)42/h2-18,27,30-31,33-34H,19-21H2,1H3/t27-,30-,31+,33+,34+/m0/s1. The summed E-state index contributed by atoms with van der Waals surface area (Å²) in [6, 6.07) is 29.3. The van der Waals surface area contributed by atoms with Crippen LogP contribution in [-0.2, 0) is 14.3 Å². The molecule has 230 valence electrons. The van der Waals surface area contributed by atoms with Gasteiger partial charge in [-0.1, -0.05) is 48.0 Å². The molecular formula is C38H31NO7. The number of ether oxygens (including phenoxy) is 2. The van der Waals surface area contributed by atoms with Gasteiger partial charge in [0.2, 0.25) is 11.8 Å². The van der Waals surface area contributed by atoms with Gasteiger partial charge in [-0.25, -0.2) is 9.59 Å². The monoisotopic (exact) mass is 613 g/mol. The van der Waals surface area contributed by atoms with Crippen LogP contribution in [0.4, 0.5) is 5.69 Å². The van der Waals surface area contributed by atoms with E-state index in [1.165, 1.54) is 46.9 Å². The maximum Gasteiger partial charge on any atom is 0.343 e. The summed E-state index contributed by atoms with van der Waals surface area (Å²) in [5.41, 5.74) is 3.58. The van der Waals surface area contributed by atoms with Gasteiger partial charge in [0.25, 0.3) is 0 Å². The fourth-order valence-electron chi connectivity index (χ4n) is 7.41. The number of benzene rings is 4. The molecule has 46 heavy (non-hydrogen) atoms. The van der Waals surface area contributed by atoms with Gasteiger partial charge >= 0.3 is 11.9 Å². The number of aryl methyl sites for hydroxylation is 1. The maximum absolute atomic E-state index is 13.6. The second kappa shape index (κ2) is 11.9. The normalized spacial score (nSPS) is 22.9. The SMILES string of the molecule is Cc1ccc(C(=O)Oc2ccc(C(=O)COC(=O)c3ccc(N4C(=O)[C@@H]5[C@@H]6C[C@@H]([C@H]5C4=O)[C@H](c4ccccc4)C6)cc3)cc2)cc1. The van der Waals surface area contributed by atoms with E-state index in [4.69, 9.17) is 9.47 Å². The number of hydrogen-bond acceptors (Lipinski definition) is 7. The number of imide groups is 1. The van der Waals surface area contributed by atoms with Gasteiger partial charge in [-0.15, -0.1) is 0 Å². The number of Topliss-reactive ketones (excluding diaryl/α,β-unsaturated/α-hetero) is 1. The van der Waals surface area contributed by atoms with Crippen molar-refractivity contribution in [3.05, 3.63) is 131 Å². The highest BCUT2D eigenvalue weighted by molar-refractivity contribution is 6.22. The quantitative estimate of drug-likeness (QED) is 0.101. The van der Waals surface area contributed by atoms with Crippen LogP contribution >= 0.6 is 0 Å². The van der Waals surface area contributed by atoms with Crippen LogP contribution in [0.25, 0.3) is 0 Å². The third-order valence-electron chi connectivity index (χ3n) is 9.61. The predicted octanol–water partition coefficient (Wildman–Crippen LogP) is 6.18. The first-order chi connectivity index (χ1) is 22.3. The molecule has 0 radical (unpaired) electrons. The summed E-state index contributed by atoms with van der Waals surface area (Å²) in [6.45, 7) is 1.44. The minimum atomic E-state index is -0.705. The van der Waals surface area contributed by atoms with Crippen molar-refractivity contribution >= 4 is 35.2 Å². The topological polar surface area (TPSA) is 107 Å². The molecule has 1 aliphatic heterocycles. The lowest BCUT2D eigenvalue weighted by atomic mass is 9.73. The van der Waals surface area contributed by atoms with E-state index in [0.717, 1.165) is 18.4 Å². The summed E-state index contributed by atoms with van der Waals surface area (Å²) in [6.07, 6.45) is 1.81. The molecule has 1 heterocycles. The molecule has 0 aromatic heterocycles. The van der Waals surface area contributed by atoms with Gasteiger partial charge in [0.1, 0.15) is 5.75 Å². The second-order valence-corrected chi connectivity index (χ2v) is 12.3. The Kier molecular flexibility index (Phi) is 7.56. The Labute approximate surface area is 265 Å². The Morgan fingerprint density at radius 2 is 1.30 bits per heavy atom. The predicted molar refractivity (Wildman–Crippen MR) is 169 cm³/mol. The first-order valence-electron chi connectivity index (χ1n) is 15.4. The second-order valence-electron chi connectivity index (χ2n) is 12.3. The molecular weight excluding hydrogens is 582 g/mol. The zero-order valence-corrected chi connectivity index (χ0v) is 25.1. The van der Waals surface area contributed by atoms with Gasteiger partial charge in [-0.05, 0) is 104 Å². The van der Waals surface area contributed by atoms with Crippen molar-refractivity contribution < 1.29 is 33.4 Å². The smallest absolute Gasteiger partial charge is 0.343 e. The van der Waals surface area contributed by atoms with Crippen molar-refractivity contribution in [2.45, 2.75) is 25.7 Å². The zero-order valence-electron chi connectivity index (χ0n) is 25.1. The zero-order chi connectivity index (χ0) is 31.9. The Bertz CT molecular complexity index is 1830. The lowest BCUT2D eigenvalue weighted by molar-refractivity contribution is -0.123. The van der Waals surface area contributed by atoms with E-state index in [1.807, 2.05) is 37.3 Å². The Balaban J connectivity index is 0.946. The van der Waals surface area contributed by atoms with Crippen molar-refractivity contribution in [2.24, 2.45) is 23.7 Å². The number of anilines is 1. The van der Waals surface area contributed by atoms with Crippen LogP contribution in [0, 0.1) is 30.6 Å². The molecule has 7 rings (SSSR count). The largest absolute Gasteiger partial charge is 0.454 e. The molecule has 2 amide bonds. The van der Waals surface area contributed by atoms with Gasteiger partial charge in [-0.2, -0.15) is 0 Å². The summed E-state index contributed by atoms with van der Waals surface area (Å²) in [7, 11) is 0. The van der Waals surface area contributed by atoms with E-state index in [0.29, 0.717) is 16.8 Å². The summed E-state index contributed by atoms with van der Waals surface area (Å²) in [5, 5.41) is 0. The van der Waals surface area contributed by atoms with Crippen molar-refractivity contribution in [3.8, 4) is 5.75 Å². The molecule has 8 nitrogen and oxygen atoms in total. The molecule has 8 heteroatoms. The van der Waals surface area contributed by atoms with Crippen LogP contribution in [0.2, 0.25) is 0 Å². The Morgan fingerprint density at radius 1 is 0.696 bits per heavy atom. The summed E-state index contributed by atoms with van der Waals surface area (Å²) in [4.78, 5) is 66.1. The minimum absolute atomic E-state index is 0.149. The van der Waals surface area contributed by atoms with Gasteiger partial charge in [0, 0.05) is 5.56 Å². The number of amides is 2. The summed E-state index contributed by atoms with van der Waals surface area (Å²) >= 11 is 0. The lowest BCUT2D eigenvalue weighted by Gasteiger charge is -2.28. The van der Waals surface area contributed by atoms with E-state index >= 15 is 0 Å². The molecule has 2 aliphatic carbocycles. The molecule has 4 aromatic carbocycles. The lowest BCUT2D eigenvalue weighted by Crippen LogP contribution is -2.33. The van der Waals surface area contributed by atoms with Gasteiger partial charge in [0.05, 0.1) is 28.7 Å². The van der Waals surface area contributed by atoms with Crippen molar-refractivity contribution in [1.29, 1.82) is 0 Å². The van der Waals surface area contributed by atoms with E-state index in [2.05, 4.69) is 12.1 Å². The maximum atomic E-state index is 13.6. The molecule has 2 bridgehead atoms. The van der Waals surface area contributed by atoms with Gasteiger partial charge in [-0.3, -0.25) is 19.3 Å². The third kappa shape index (κ3) is 5.30. The summed E-state index contributed by atoms with van der Waals surface area (Å²) in [5.74, 6) is -1.68. The number of fused-ring (bicyclic) bond motifs is 5. The first kappa shape index (κ1) is 29.3. The molecule has 1 saturated heterocycles. The van der Waals surface area contributed by atoms with E-state index in [-0.39, 0.29) is 52.7 Å². The molecule has 4 aromatic rings. The van der Waals surface area contributed by atoms with Crippen LogP contribution in [0.1, 0.15) is 61.0 Å². The van der Waals surface area contributed by atoms with Crippen molar-refractivity contribution in [3.63, 3.8) is 0 Å².